The van der Waals surface area contributed by atoms with E-state index in [9.17, 15) is 0 Å². The first-order valence-electron chi connectivity index (χ1n) is 4.26. The zero-order chi connectivity index (χ0) is 9.80. The second kappa shape index (κ2) is 4.50. The first-order chi connectivity index (χ1) is 6.86. The number of rotatable bonds is 3. The molecule has 2 nitrogen and oxygen atoms in total. The largest absolute Gasteiger partial charge is 0.485 e. The molecule has 0 bridgehead atoms. The molecule has 0 amide bonds. The third-order valence-corrected chi connectivity index (χ3v) is 2.68. The van der Waals surface area contributed by atoms with Crippen molar-refractivity contribution < 1.29 is 9.15 Å². The minimum atomic E-state index is 0.479. The fourth-order valence-corrected chi connectivity index (χ4v) is 1.65. The molecule has 1 aromatic carbocycles. The van der Waals surface area contributed by atoms with Crippen LogP contribution in [0.2, 0.25) is 0 Å². The molecule has 0 atom stereocenters. The molecule has 0 aliphatic carbocycles. The molecular weight excluding hydrogens is 291 g/mol. The number of ether oxygens (including phenoxy) is 1. The molecule has 0 N–H and O–H groups in total. The zero-order valence-electron chi connectivity index (χ0n) is 7.44. The van der Waals surface area contributed by atoms with Crippen LogP contribution < -0.4 is 4.74 Å². The summed E-state index contributed by atoms with van der Waals surface area (Å²) in [6, 6.07) is 11.7. The van der Waals surface area contributed by atoms with Crippen molar-refractivity contribution in [2.24, 2.45) is 0 Å². The lowest BCUT2D eigenvalue weighted by atomic mass is 10.3. The van der Waals surface area contributed by atoms with Gasteiger partial charge in [0.15, 0.2) is 0 Å². The fourth-order valence-electron chi connectivity index (χ4n) is 1.11. The van der Waals surface area contributed by atoms with E-state index in [2.05, 4.69) is 22.6 Å². The third-order valence-electron chi connectivity index (χ3n) is 1.79. The lowest BCUT2D eigenvalue weighted by molar-refractivity contribution is 0.268. The molecule has 0 saturated carbocycles. The SMILES string of the molecule is Ic1ccccc1OCc1ccco1. The van der Waals surface area contributed by atoms with Crippen LogP contribution in [0, 0.1) is 3.57 Å². The molecule has 1 aromatic heterocycles. The average Bonchev–Trinajstić information content (AvgIpc) is 2.69. The standard InChI is InChI=1S/C11H9IO2/c12-10-5-1-2-6-11(10)14-8-9-4-3-7-13-9/h1-7H,8H2. The van der Waals surface area contributed by atoms with E-state index in [4.69, 9.17) is 9.15 Å². The first kappa shape index (κ1) is 9.58. The number of hydrogen-bond acceptors (Lipinski definition) is 2. The van der Waals surface area contributed by atoms with Crippen molar-refractivity contribution in [1.29, 1.82) is 0 Å². The van der Waals surface area contributed by atoms with Gasteiger partial charge in [-0.15, -0.1) is 0 Å². The van der Waals surface area contributed by atoms with Gasteiger partial charge in [0.05, 0.1) is 9.83 Å². The van der Waals surface area contributed by atoms with E-state index in [1.54, 1.807) is 6.26 Å². The summed E-state index contributed by atoms with van der Waals surface area (Å²) in [6.45, 7) is 0.479. The average molecular weight is 300 g/mol. The molecule has 0 aliphatic heterocycles. The molecule has 2 rings (SSSR count). The zero-order valence-corrected chi connectivity index (χ0v) is 9.60. The van der Waals surface area contributed by atoms with E-state index < -0.39 is 0 Å². The normalized spacial score (nSPS) is 10.1. The van der Waals surface area contributed by atoms with E-state index in [1.807, 2.05) is 36.4 Å². The number of benzene rings is 1. The molecule has 0 saturated heterocycles. The van der Waals surface area contributed by atoms with Gasteiger partial charge in [-0.05, 0) is 46.9 Å². The molecule has 14 heavy (non-hydrogen) atoms. The maximum atomic E-state index is 5.58. The highest BCUT2D eigenvalue weighted by Gasteiger charge is 2.00. The van der Waals surface area contributed by atoms with Gasteiger partial charge in [-0.2, -0.15) is 0 Å². The maximum Gasteiger partial charge on any atom is 0.146 e. The summed E-state index contributed by atoms with van der Waals surface area (Å²) >= 11 is 2.25. The Bertz CT molecular complexity index is 395. The molecule has 0 radical (unpaired) electrons. The molecule has 2 aromatic rings. The summed E-state index contributed by atoms with van der Waals surface area (Å²) < 4.78 is 11.9. The van der Waals surface area contributed by atoms with Crippen LogP contribution in [0.4, 0.5) is 0 Å². The monoisotopic (exact) mass is 300 g/mol. The van der Waals surface area contributed by atoms with Gasteiger partial charge in [0.25, 0.3) is 0 Å². The van der Waals surface area contributed by atoms with Gasteiger partial charge in [0.2, 0.25) is 0 Å². The van der Waals surface area contributed by atoms with Crippen LogP contribution in [-0.2, 0) is 6.61 Å². The summed E-state index contributed by atoms with van der Waals surface area (Å²) in [5, 5.41) is 0. The number of furan rings is 1. The Kier molecular flexibility index (Phi) is 3.08. The molecule has 0 unspecified atom stereocenters. The van der Waals surface area contributed by atoms with Crippen molar-refractivity contribution in [3.63, 3.8) is 0 Å². The Morgan fingerprint density at radius 1 is 1.14 bits per heavy atom. The van der Waals surface area contributed by atoms with Crippen LogP contribution in [0.5, 0.6) is 5.75 Å². The Morgan fingerprint density at radius 3 is 2.71 bits per heavy atom. The number of halogens is 1. The Morgan fingerprint density at radius 2 is 2.00 bits per heavy atom. The van der Waals surface area contributed by atoms with E-state index in [0.717, 1.165) is 15.1 Å². The molecule has 72 valence electrons. The summed E-state index contributed by atoms with van der Waals surface area (Å²) in [4.78, 5) is 0. The molecule has 0 aliphatic rings. The highest BCUT2D eigenvalue weighted by molar-refractivity contribution is 14.1. The third kappa shape index (κ3) is 2.29. The highest BCUT2D eigenvalue weighted by atomic mass is 127. The van der Waals surface area contributed by atoms with E-state index in [0.29, 0.717) is 6.61 Å². The van der Waals surface area contributed by atoms with Crippen LogP contribution in [0.25, 0.3) is 0 Å². The van der Waals surface area contributed by atoms with Crippen LogP contribution in [-0.4, -0.2) is 0 Å². The van der Waals surface area contributed by atoms with Crippen LogP contribution in [0.15, 0.2) is 47.1 Å². The van der Waals surface area contributed by atoms with Gasteiger partial charge in [-0.1, -0.05) is 12.1 Å². The van der Waals surface area contributed by atoms with Gasteiger partial charge in [0.1, 0.15) is 18.1 Å². The summed E-state index contributed by atoms with van der Waals surface area (Å²) in [6.07, 6.45) is 1.65. The van der Waals surface area contributed by atoms with Gasteiger partial charge < -0.3 is 9.15 Å². The Hall–Kier alpha value is -0.970. The number of para-hydroxylation sites is 1. The van der Waals surface area contributed by atoms with E-state index in [-0.39, 0.29) is 0 Å². The van der Waals surface area contributed by atoms with Crippen LogP contribution in [0.3, 0.4) is 0 Å². The molecule has 3 heteroatoms. The van der Waals surface area contributed by atoms with Crippen molar-refractivity contribution in [2.45, 2.75) is 6.61 Å². The Labute approximate surface area is 96.0 Å². The van der Waals surface area contributed by atoms with Gasteiger partial charge in [-0.25, -0.2) is 0 Å². The topological polar surface area (TPSA) is 22.4 Å². The summed E-state index contributed by atoms with van der Waals surface area (Å²) in [7, 11) is 0. The minimum Gasteiger partial charge on any atom is -0.485 e. The smallest absolute Gasteiger partial charge is 0.146 e. The predicted octanol–water partition coefficient (Wildman–Crippen LogP) is 3.46. The van der Waals surface area contributed by atoms with Crippen LogP contribution >= 0.6 is 22.6 Å². The second-order valence-electron chi connectivity index (χ2n) is 2.80. The van der Waals surface area contributed by atoms with Crippen molar-refractivity contribution in [3.8, 4) is 5.75 Å². The lowest BCUT2D eigenvalue weighted by Gasteiger charge is -2.05. The van der Waals surface area contributed by atoms with Crippen LogP contribution in [0.1, 0.15) is 5.76 Å². The fraction of sp³-hybridized carbons (Fsp3) is 0.0909. The van der Waals surface area contributed by atoms with E-state index >= 15 is 0 Å². The van der Waals surface area contributed by atoms with Crippen molar-refractivity contribution in [1.82, 2.24) is 0 Å². The summed E-state index contributed by atoms with van der Waals surface area (Å²) in [5.41, 5.74) is 0. The second-order valence-corrected chi connectivity index (χ2v) is 3.96. The van der Waals surface area contributed by atoms with Crippen molar-refractivity contribution in [3.05, 3.63) is 52.0 Å². The number of hydrogen-bond donors (Lipinski definition) is 0. The van der Waals surface area contributed by atoms with Gasteiger partial charge >= 0.3 is 0 Å². The Balaban J connectivity index is 2.02. The van der Waals surface area contributed by atoms with Crippen molar-refractivity contribution >= 4 is 22.6 Å². The molecule has 0 spiro atoms. The minimum absolute atomic E-state index is 0.479. The lowest BCUT2D eigenvalue weighted by Crippen LogP contribution is -1.94. The predicted molar refractivity (Wildman–Crippen MR) is 62.2 cm³/mol. The molecule has 1 heterocycles. The molecular formula is C11H9IO2. The maximum absolute atomic E-state index is 5.58. The van der Waals surface area contributed by atoms with Crippen molar-refractivity contribution in [2.75, 3.05) is 0 Å². The van der Waals surface area contributed by atoms with Gasteiger partial charge in [0, 0.05) is 0 Å². The first-order valence-corrected chi connectivity index (χ1v) is 5.34. The highest BCUT2D eigenvalue weighted by Crippen LogP contribution is 2.20. The van der Waals surface area contributed by atoms with E-state index in [1.165, 1.54) is 0 Å². The summed E-state index contributed by atoms with van der Waals surface area (Å²) in [5.74, 6) is 1.73. The molecule has 0 fully saturated rings. The van der Waals surface area contributed by atoms with Gasteiger partial charge in [-0.3, -0.25) is 0 Å². The quantitative estimate of drug-likeness (QED) is 0.810.